The third-order valence-corrected chi connectivity index (χ3v) is 4.42. The monoisotopic (exact) mass is 284 g/mol. The molecule has 0 saturated carbocycles. The Hall–Kier alpha value is -1.94. The highest BCUT2D eigenvalue weighted by atomic mass is 32.2. The van der Waals surface area contributed by atoms with E-state index >= 15 is 0 Å². The van der Waals surface area contributed by atoms with E-state index in [9.17, 15) is 4.79 Å². The predicted molar refractivity (Wildman–Crippen MR) is 83.9 cm³/mol. The SMILES string of the molecule is Cc1ccc(CN2C(=O)CSc3cc(N)ccc32)cc1. The van der Waals surface area contributed by atoms with Crippen molar-refractivity contribution in [3.8, 4) is 0 Å². The number of anilines is 2. The lowest BCUT2D eigenvalue weighted by molar-refractivity contribution is -0.116. The smallest absolute Gasteiger partial charge is 0.237 e. The van der Waals surface area contributed by atoms with Gasteiger partial charge in [0, 0.05) is 10.6 Å². The number of hydrogen-bond acceptors (Lipinski definition) is 3. The Morgan fingerprint density at radius 1 is 1.20 bits per heavy atom. The molecule has 0 aliphatic carbocycles. The molecular formula is C16H16N2OS. The maximum atomic E-state index is 12.2. The Morgan fingerprint density at radius 3 is 2.70 bits per heavy atom. The van der Waals surface area contributed by atoms with Gasteiger partial charge in [-0.05, 0) is 30.7 Å². The van der Waals surface area contributed by atoms with E-state index in [2.05, 4.69) is 31.2 Å². The molecule has 3 rings (SSSR count). The molecule has 102 valence electrons. The molecule has 2 aromatic carbocycles. The zero-order valence-corrected chi connectivity index (χ0v) is 12.1. The number of rotatable bonds is 2. The zero-order chi connectivity index (χ0) is 14.1. The predicted octanol–water partition coefficient (Wildman–Crippen LogP) is 3.22. The average molecular weight is 284 g/mol. The first kappa shape index (κ1) is 13.1. The van der Waals surface area contributed by atoms with Crippen molar-refractivity contribution in [2.75, 3.05) is 16.4 Å². The maximum absolute atomic E-state index is 12.2. The van der Waals surface area contributed by atoms with Crippen LogP contribution in [-0.4, -0.2) is 11.7 Å². The first-order chi connectivity index (χ1) is 9.63. The highest BCUT2D eigenvalue weighted by Gasteiger charge is 2.24. The van der Waals surface area contributed by atoms with Crippen LogP contribution in [0, 0.1) is 6.92 Å². The van der Waals surface area contributed by atoms with E-state index in [-0.39, 0.29) is 5.91 Å². The van der Waals surface area contributed by atoms with Crippen LogP contribution in [0.25, 0.3) is 0 Å². The molecule has 0 spiro atoms. The van der Waals surface area contributed by atoms with Gasteiger partial charge in [0.05, 0.1) is 18.0 Å². The van der Waals surface area contributed by atoms with Gasteiger partial charge in [0.15, 0.2) is 0 Å². The second-order valence-electron chi connectivity index (χ2n) is 4.98. The fourth-order valence-corrected chi connectivity index (χ4v) is 3.25. The Labute approximate surface area is 122 Å². The van der Waals surface area contributed by atoms with E-state index in [0.717, 1.165) is 21.8 Å². The average Bonchev–Trinajstić information content (AvgIpc) is 2.44. The number of fused-ring (bicyclic) bond motifs is 1. The van der Waals surface area contributed by atoms with Crippen LogP contribution in [0.15, 0.2) is 47.4 Å². The summed E-state index contributed by atoms with van der Waals surface area (Å²) in [6, 6.07) is 14.0. The van der Waals surface area contributed by atoms with E-state index < -0.39 is 0 Å². The largest absolute Gasteiger partial charge is 0.399 e. The van der Waals surface area contributed by atoms with Gasteiger partial charge in [0.1, 0.15) is 0 Å². The first-order valence-electron chi connectivity index (χ1n) is 6.52. The Balaban J connectivity index is 1.93. The molecule has 1 aliphatic heterocycles. The van der Waals surface area contributed by atoms with Crippen LogP contribution in [0.3, 0.4) is 0 Å². The highest BCUT2D eigenvalue weighted by Crippen LogP contribution is 2.37. The van der Waals surface area contributed by atoms with E-state index in [1.54, 1.807) is 11.8 Å². The summed E-state index contributed by atoms with van der Waals surface area (Å²) in [6.07, 6.45) is 0. The molecule has 1 heterocycles. The van der Waals surface area contributed by atoms with Crippen molar-refractivity contribution in [2.24, 2.45) is 0 Å². The molecule has 2 N–H and O–H groups in total. The molecule has 3 nitrogen and oxygen atoms in total. The van der Waals surface area contributed by atoms with Crippen LogP contribution >= 0.6 is 11.8 Å². The Kier molecular flexibility index (Phi) is 3.40. The normalized spacial score (nSPS) is 14.2. The molecular weight excluding hydrogens is 268 g/mol. The van der Waals surface area contributed by atoms with Gasteiger partial charge >= 0.3 is 0 Å². The fraction of sp³-hybridized carbons (Fsp3) is 0.188. The zero-order valence-electron chi connectivity index (χ0n) is 11.3. The van der Waals surface area contributed by atoms with Gasteiger partial charge in [-0.15, -0.1) is 11.8 Å². The summed E-state index contributed by atoms with van der Waals surface area (Å²) < 4.78 is 0. The van der Waals surface area contributed by atoms with E-state index in [1.807, 2.05) is 23.1 Å². The van der Waals surface area contributed by atoms with Crippen molar-refractivity contribution in [1.29, 1.82) is 0 Å². The molecule has 0 atom stereocenters. The molecule has 1 aliphatic rings. The molecule has 2 aromatic rings. The lowest BCUT2D eigenvalue weighted by Gasteiger charge is -2.29. The second-order valence-corrected chi connectivity index (χ2v) is 6.00. The van der Waals surface area contributed by atoms with Gasteiger partial charge in [-0.3, -0.25) is 4.79 Å². The number of thioether (sulfide) groups is 1. The van der Waals surface area contributed by atoms with Crippen LogP contribution in [0.1, 0.15) is 11.1 Å². The third-order valence-electron chi connectivity index (χ3n) is 3.39. The van der Waals surface area contributed by atoms with Crippen LogP contribution in [-0.2, 0) is 11.3 Å². The number of nitrogen functional groups attached to an aromatic ring is 1. The molecule has 0 fully saturated rings. The van der Waals surface area contributed by atoms with Gasteiger partial charge < -0.3 is 10.6 Å². The summed E-state index contributed by atoms with van der Waals surface area (Å²) in [5, 5.41) is 0. The van der Waals surface area contributed by atoms with E-state index in [0.29, 0.717) is 12.3 Å². The number of hydrogen-bond donors (Lipinski definition) is 1. The molecule has 0 saturated heterocycles. The van der Waals surface area contributed by atoms with Crippen LogP contribution in [0.2, 0.25) is 0 Å². The highest BCUT2D eigenvalue weighted by molar-refractivity contribution is 8.00. The van der Waals surface area contributed by atoms with E-state index in [1.165, 1.54) is 5.56 Å². The molecule has 4 heteroatoms. The summed E-state index contributed by atoms with van der Waals surface area (Å²) in [7, 11) is 0. The van der Waals surface area contributed by atoms with Gasteiger partial charge in [0.2, 0.25) is 5.91 Å². The molecule has 20 heavy (non-hydrogen) atoms. The number of nitrogens with two attached hydrogens (primary N) is 1. The first-order valence-corrected chi connectivity index (χ1v) is 7.50. The Morgan fingerprint density at radius 2 is 1.95 bits per heavy atom. The summed E-state index contributed by atoms with van der Waals surface area (Å²) in [4.78, 5) is 15.1. The Bertz CT molecular complexity index is 652. The van der Waals surface area contributed by atoms with Crippen LogP contribution in [0.4, 0.5) is 11.4 Å². The third kappa shape index (κ3) is 2.51. The lowest BCUT2D eigenvalue weighted by Crippen LogP contribution is -2.34. The van der Waals surface area contributed by atoms with Crippen molar-refractivity contribution in [2.45, 2.75) is 18.4 Å². The molecule has 0 radical (unpaired) electrons. The number of aryl methyl sites for hydroxylation is 1. The molecule has 0 bridgehead atoms. The number of carbonyl (C=O) groups excluding carboxylic acids is 1. The minimum atomic E-state index is 0.146. The van der Waals surface area contributed by atoms with Crippen LogP contribution in [0.5, 0.6) is 0 Å². The van der Waals surface area contributed by atoms with Crippen LogP contribution < -0.4 is 10.6 Å². The standard InChI is InChI=1S/C16H16N2OS/c1-11-2-4-12(5-3-11)9-18-14-7-6-13(17)8-15(14)20-10-16(18)19/h2-8H,9-10,17H2,1H3. The van der Waals surface area contributed by atoms with Gasteiger partial charge in [-0.1, -0.05) is 29.8 Å². The summed E-state index contributed by atoms with van der Waals surface area (Å²) in [5.74, 6) is 0.621. The number of carbonyl (C=O) groups is 1. The minimum Gasteiger partial charge on any atom is -0.399 e. The minimum absolute atomic E-state index is 0.146. The lowest BCUT2D eigenvalue weighted by atomic mass is 10.1. The van der Waals surface area contributed by atoms with Crippen molar-refractivity contribution in [3.63, 3.8) is 0 Å². The topological polar surface area (TPSA) is 46.3 Å². The maximum Gasteiger partial charge on any atom is 0.237 e. The fourth-order valence-electron chi connectivity index (χ4n) is 2.27. The number of nitrogens with zero attached hydrogens (tertiary/aromatic N) is 1. The second kappa shape index (κ2) is 5.21. The van der Waals surface area contributed by atoms with Crippen molar-refractivity contribution in [3.05, 3.63) is 53.6 Å². The van der Waals surface area contributed by atoms with Crippen molar-refractivity contribution >= 4 is 29.0 Å². The van der Waals surface area contributed by atoms with Gasteiger partial charge in [0.25, 0.3) is 0 Å². The number of benzene rings is 2. The summed E-state index contributed by atoms with van der Waals surface area (Å²) >= 11 is 1.56. The summed E-state index contributed by atoms with van der Waals surface area (Å²) in [6.45, 7) is 2.67. The number of amides is 1. The van der Waals surface area contributed by atoms with Crippen molar-refractivity contribution in [1.82, 2.24) is 0 Å². The summed E-state index contributed by atoms with van der Waals surface area (Å²) in [5.41, 5.74) is 9.87. The molecule has 0 aromatic heterocycles. The molecule has 1 amide bonds. The van der Waals surface area contributed by atoms with E-state index in [4.69, 9.17) is 5.73 Å². The molecule has 0 unspecified atom stereocenters. The van der Waals surface area contributed by atoms with Gasteiger partial charge in [-0.2, -0.15) is 0 Å². The van der Waals surface area contributed by atoms with Crippen molar-refractivity contribution < 1.29 is 4.79 Å². The van der Waals surface area contributed by atoms with Gasteiger partial charge in [-0.25, -0.2) is 0 Å². The quantitative estimate of drug-likeness (QED) is 0.861.